The Morgan fingerprint density at radius 1 is 1.37 bits per heavy atom. The van der Waals surface area contributed by atoms with Crippen molar-refractivity contribution in [2.45, 2.75) is 20.3 Å². The average molecular weight is 280 g/mol. The molecule has 0 aliphatic rings. The Morgan fingerprint density at radius 3 is 2.53 bits per heavy atom. The summed E-state index contributed by atoms with van der Waals surface area (Å²) >= 11 is 6.10. The normalized spacial score (nSPS) is 10.9. The van der Waals surface area contributed by atoms with Crippen molar-refractivity contribution < 1.29 is 4.92 Å². The zero-order chi connectivity index (χ0) is 14.0. The SMILES string of the molecule is CC(C)Cc1nn(-c2ccccc2)c(Cl)c1[N+](=O)[O-]. The number of hydrogen-bond acceptors (Lipinski definition) is 3. The lowest BCUT2D eigenvalue weighted by Crippen LogP contribution is -2.00. The molecule has 0 saturated carbocycles. The van der Waals surface area contributed by atoms with Crippen LogP contribution in [0.2, 0.25) is 5.15 Å². The first-order chi connectivity index (χ1) is 9.00. The zero-order valence-electron chi connectivity index (χ0n) is 10.7. The largest absolute Gasteiger partial charge is 0.329 e. The number of nitro groups is 1. The Hall–Kier alpha value is -1.88. The standard InChI is InChI=1S/C13H14ClN3O2/c1-9(2)8-11-12(17(18)19)13(14)16(15-11)10-6-4-3-5-7-10/h3-7,9H,8H2,1-2H3. The van der Waals surface area contributed by atoms with Crippen molar-refractivity contribution in [2.24, 2.45) is 5.92 Å². The van der Waals surface area contributed by atoms with Crippen LogP contribution in [0.25, 0.3) is 5.69 Å². The molecule has 5 nitrogen and oxygen atoms in total. The molecule has 2 aromatic rings. The van der Waals surface area contributed by atoms with Gasteiger partial charge in [0.25, 0.3) is 0 Å². The van der Waals surface area contributed by atoms with Crippen molar-refractivity contribution in [1.29, 1.82) is 0 Å². The molecule has 0 N–H and O–H groups in total. The number of benzene rings is 1. The molecule has 0 fully saturated rings. The number of nitrogens with zero attached hydrogens (tertiary/aromatic N) is 3. The first-order valence-electron chi connectivity index (χ1n) is 5.98. The lowest BCUT2D eigenvalue weighted by atomic mass is 10.1. The fourth-order valence-electron chi connectivity index (χ4n) is 1.88. The van der Waals surface area contributed by atoms with Gasteiger partial charge < -0.3 is 0 Å². The average Bonchev–Trinajstić information content (AvgIpc) is 2.66. The van der Waals surface area contributed by atoms with Gasteiger partial charge in [-0.05, 0) is 18.1 Å². The van der Waals surface area contributed by atoms with E-state index < -0.39 is 4.92 Å². The number of aromatic nitrogens is 2. The third kappa shape index (κ3) is 2.76. The Morgan fingerprint density at radius 2 is 2.00 bits per heavy atom. The summed E-state index contributed by atoms with van der Waals surface area (Å²) in [5, 5.41) is 15.5. The first-order valence-corrected chi connectivity index (χ1v) is 6.35. The van der Waals surface area contributed by atoms with E-state index in [2.05, 4.69) is 5.10 Å². The van der Waals surface area contributed by atoms with E-state index in [1.54, 1.807) is 0 Å². The lowest BCUT2D eigenvalue weighted by Gasteiger charge is -2.01. The molecule has 0 bridgehead atoms. The minimum atomic E-state index is -0.466. The van der Waals surface area contributed by atoms with E-state index in [4.69, 9.17) is 11.6 Å². The summed E-state index contributed by atoms with van der Waals surface area (Å²) < 4.78 is 1.41. The van der Waals surface area contributed by atoms with Crippen molar-refractivity contribution in [3.8, 4) is 5.69 Å². The monoisotopic (exact) mass is 279 g/mol. The number of hydrogen-bond donors (Lipinski definition) is 0. The highest BCUT2D eigenvalue weighted by atomic mass is 35.5. The minimum absolute atomic E-state index is 0.0480. The van der Waals surface area contributed by atoms with E-state index in [0.717, 1.165) is 0 Å². The summed E-state index contributed by atoms with van der Waals surface area (Å²) in [6, 6.07) is 9.15. The second kappa shape index (κ2) is 5.40. The number of rotatable bonds is 4. The molecule has 1 heterocycles. The van der Waals surface area contributed by atoms with Gasteiger partial charge in [0.05, 0.1) is 10.6 Å². The lowest BCUT2D eigenvalue weighted by molar-refractivity contribution is -0.385. The van der Waals surface area contributed by atoms with Gasteiger partial charge >= 0.3 is 5.69 Å². The van der Waals surface area contributed by atoms with Crippen molar-refractivity contribution in [3.05, 3.63) is 51.3 Å². The molecule has 1 aromatic carbocycles. The van der Waals surface area contributed by atoms with Crippen LogP contribution in [-0.4, -0.2) is 14.7 Å². The Balaban J connectivity index is 2.55. The second-order valence-corrected chi connectivity index (χ2v) is 5.05. The van der Waals surface area contributed by atoms with Crippen LogP contribution in [0.5, 0.6) is 0 Å². The van der Waals surface area contributed by atoms with Crippen molar-refractivity contribution in [2.75, 3.05) is 0 Å². The van der Waals surface area contributed by atoms with Gasteiger partial charge in [-0.1, -0.05) is 43.6 Å². The molecule has 0 atom stereocenters. The number of halogens is 1. The van der Waals surface area contributed by atoms with E-state index in [0.29, 0.717) is 17.8 Å². The van der Waals surface area contributed by atoms with E-state index in [-0.39, 0.29) is 16.8 Å². The quantitative estimate of drug-likeness (QED) is 0.634. The van der Waals surface area contributed by atoms with Crippen molar-refractivity contribution >= 4 is 17.3 Å². The molecule has 0 amide bonds. The Kier molecular flexibility index (Phi) is 3.85. The second-order valence-electron chi connectivity index (χ2n) is 4.69. The fourth-order valence-corrected chi connectivity index (χ4v) is 2.19. The third-order valence-electron chi connectivity index (χ3n) is 2.66. The molecule has 1 aromatic heterocycles. The van der Waals surface area contributed by atoms with Gasteiger partial charge in [-0.25, -0.2) is 4.68 Å². The van der Waals surface area contributed by atoms with Crippen LogP contribution in [0.4, 0.5) is 5.69 Å². The topological polar surface area (TPSA) is 61.0 Å². The van der Waals surface area contributed by atoms with Crippen molar-refractivity contribution in [1.82, 2.24) is 9.78 Å². The molecule has 0 aliphatic carbocycles. The summed E-state index contributed by atoms with van der Waals surface area (Å²) in [6.45, 7) is 3.97. The Labute approximate surface area is 116 Å². The van der Waals surface area contributed by atoms with Gasteiger partial charge in [0.15, 0.2) is 0 Å². The minimum Gasteiger partial charge on any atom is -0.258 e. The van der Waals surface area contributed by atoms with Crippen LogP contribution in [0.3, 0.4) is 0 Å². The summed E-state index contributed by atoms with van der Waals surface area (Å²) in [5.41, 5.74) is 1.04. The Bertz CT molecular complexity index is 593. The molecule has 0 aliphatic heterocycles. The summed E-state index contributed by atoms with van der Waals surface area (Å²) in [4.78, 5) is 10.7. The molecule has 19 heavy (non-hydrogen) atoms. The highest BCUT2D eigenvalue weighted by molar-refractivity contribution is 6.32. The molecule has 0 radical (unpaired) electrons. The zero-order valence-corrected chi connectivity index (χ0v) is 11.5. The molecular weight excluding hydrogens is 266 g/mol. The maximum atomic E-state index is 11.1. The maximum absolute atomic E-state index is 11.1. The number of para-hydroxylation sites is 1. The molecule has 2 rings (SSSR count). The van der Waals surface area contributed by atoms with Crippen molar-refractivity contribution in [3.63, 3.8) is 0 Å². The first kappa shape index (κ1) is 13.5. The molecule has 100 valence electrons. The molecule has 6 heteroatoms. The molecule has 0 unspecified atom stereocenters. The van der Waals surface area contributed by atoms with Gasteiger partial charge in [0, 0.05) is 6.42 Å². The summed E-state index contributed by atoms with van der Waals surface area (Å²) in [5.74, 6) is 0.272. The fraction of sp³-hybridized carbons (Fsp3) is 0.308. The molecule has 0 saturated heterocycles. The molecular formula is C13H14ClN3O2. The van der Waals surface area contributed by atoms with Crippen LogP contribution >= 0.6 is 11.6 Å². The van der Waals surface area contributed by atoms with Gasteiger partial charge in [-0.2, -0.15) is 5.10 Å². The van der Waals surface area contributed by atoms with Gasteiger partial charge in [-0.3, -0.25) is 10.1 Å². The maximum Gasteiger partial charge on any atom is 0.329 e. The summed E-state index contributed by atoms with van der Waals surface area (Å²) in [6.07, 6.45) is 0.524. The third-order valence-corrected chi connectivity index (χ3v) is 3.00. The highest BCUT2D eigenvalue weighted by Crippen LogP contribution is 2.31. The van der Waals surface area contributed by atoms with E-state index in [1.165, 1.54) is 4.68 Å². The highest BCUT2D eigenvalue weighted by Gasteiger charge is 2.27. The van der Waals surface area contributed by atoms with Crippen LogP contribution < -0.4 is 0 Å². The van der Waals surface area contributed by atoms with E-state index >= 15 is 0 Å². The van der Waals surface area contributed by atoms with Gasteiger partial charge in [0.1, 0.15) is 5.69 Å². The predicted octanol–water partition coefficient (Wildman–Crippen LogP) is 3.63. The van der Waals surface area contributed by atoms with Crippen LogP contribution in [0, 0.1) is 16.0 Å². The molecule has 0 spiro atoms. The summed E-state index contributed by atoms with van der Waals surface area (Å²) in [7, 11) is 0. The van der Waals surface area contributed by atoms with Crippen LogP contribution in [0.15, 0.2) is 30.3 Å². The van der Waals surface area contributed by atoms with E-state index in [9.17, 15) is 10.1 Å². The van der Waals surface area contributed by atoms with Crippen LogP contribution in [-0.2, 0) is 6.42 Å². The predicted molar refractivity (Wildman–Crippen MR) is 73.8 cm³/mol. The van der Waals surface area contributed by atoms with E-state index in [1.807, 2.05) is 44.2 Å². The van der Waals surface area contributed by atoms with Crippen LogP contribution in [0.1, 0.15) is 19.5 Å². The van der Waals surface area contributed by atoms with Gasteiger partial charge in [0.2, 0.25) is 5.15 Å². The van der Waals surface area contributed by atoms with Gasteiger partial charge in [-0.15, -0.1) is 0 Å². The smallest absolute Gasteiger partial charge is 0.258 e.